The summed E-state index contributed by atoms with van der Waals surface area (Å²) in [5, 5.41) is 3.57. The van der Waals surface area contributed by atoms with Gasteiger partial charge in [-0.2, -0.15) is 5.10 Å². The predicted octanol–water partition coefficient (Wildman–Crippen LogP) is 3.60. The van der Waals surface area contributed by atoms with Crippen molar-refractivity contribution < 1.29 is 9.53 Å². The van der Waals surface area contributed by atoms with E-state index in [1.54, 1.807) is 6.21 Å². The van der Waals surface area contributed by atoms with Crippen LogP contribution < -0.4 is 5.84 Å². The summed E-state index contributed by atoms with van der Waals surface area (Å²) in [6.45, 7) is 2.82. The number of rotatable bonds is 7. The van der Waals surface area contributed by atoms with E-state index in [1.807, 2.05) is 66.3 Å². The largest absolute Gasteiger partial charge is 0.462 e. The Hall–Kier alpha value is -3.34. The van der Waals surface area contributed by atoms with E-state index in [0.29, 0.717) is 25.1 Å². The van der Waals surface area contributed by atoms with Crippen LogP contribution in [0.1, 0.15) is 39.5 Å². The van der Waals surface area contributed by atoms with Crippen LogP contribution in [0.2, 0.25) is 0 Å². The van der Waals surface area contributed by atoms with E-state index in [9.17, 15) is 4.79 Å². The van der Waals surface area contributed by atoms with Crippen LogP contribution in [0.5, 0.6) is 0 Å². The molecule has 0 fully saturated rings. The number of esters is 1. The molecule has 27 heavy (non-hydrogen) atoms. The monoisotopic (exact) mass is 361 g/mol. The van der Waals surface area contributed by atoms with Crippen LogP contribution in [-0.2, 0) is 17.7 Å². The number of carbonyl (C=O) groups excluding carboxylic acids is 1. The summed E-state index contributed by atoms with van der Waals surface area (Å²) in [5.41, 5.74) is 4.77. The van der Waals surface area contributed by atoms with Crippen molar-refractivity contribution in [3.05, 3.63) is 94.8 Å². The lowest BCUT2D eigenvalue weighted by molar-refractivity contribution is 0.0525. The minimum absolute atomic E-state index is 0.286. The first kappa shape index (κ1) is 18.5. The Labute approximate surface area is 159 Å². The first-order valence-electron chi connectivity index (χ1n) is 8.91. The SMILES string of the molecule is CCOC(=O)c1cn(Cc2cccc(/C=N\N)c2)cc1Cc1ccccc1. The molecule has 0 spiro atoms. The fourth-order valence-electron chi connectivity index (χ4n) is 3.06. The average Bonchev–Trinajstić information content (AvgIpc) is 3.05. The third kappa shape index (κ3) is 4.85. The quantitative estimate of drug-likeness (QED) is 0.303. The van der Waals surface area contributed by atoms with E-state index < -0.39 is 0 Å². The highest BCUT2D eigenvalue weighted by Crippen LogP contribution is 2.18. The van der Waals surface area contributed by atoms with Crippen molar-refractivity contribution in [2.24, 2.45) is 10.9 Å². The molecule has 5 heteroatoms. The van der Waals surface area contributed by atoms with Gasteiger partial charge in [0.25, 0.3) is 0 Å². The van der Waals surface area contributed by atoms with Crippen LogP contribution in [0.3, 0.4) is 0 Å². The maximum absolute atomic E-state index is 12.4. The number of carbonyl (C=O) groups is 1. The van der Waals surface area contributed by atoms with Crippen LogP contribution in [0, 0.1) is 0 Å². The third-order valence-corrected chi connectivity index (χ3v) is 4.24. The number of ether oxygens (including phenoxy) is 1. The Morgan fingerprint density at radius 3 is 2.63 bits per heavy atom. The van der Waals surface area contributed by atoms with Gasteiger partial charge in [-0.1, -0.05) is 48.5 Å². The Morgan fingerprint density at radius 2 is 1.89 bits per heavy atom. The van der Waals surface area contributed by atoms with Gasteiger partial charge in [0.2, 0.25) is 0 Å². The molecule has 2 N–H and O–H groups in total. The fraction of sp³-hybridized carbons (Fsp3) is 0.182. The van der Waals surface area contributed by atoms with Crippen LogP contribution in [0.4, 0.5) is 0 Å². The maximum atomic E-state index is 12.4. The Balaban J connectivity index is 1.88. The van der Waals surface area contributed by atoms with Gasteiger partial charge >= 0.3 is 5.97 Å². The van der Waals surface area contributed by atoms with Gasteiger partial charge < -0.3 is 15.1 Å². The van der Waals surface area contributed by atoms with Crippen molar-refractivity contribution in [2.75, 3.05) is 6.61 Å². The number of hydrazone groups is 1. The molecule has 1 heterocycles. The van der Waals surface area contributed by atoms with Gasteiger partial charge in [-0.05, 0) is 41.7 Å². The van der Waals surface area contributed by atoms with Crippen molar-refractivity contribution in [2.45, 2.75) is 19.9 Å². The zero-order chi connectivity index (χ0) is 19.1. The smallest absolute Gasteiger partial charge is 0.339 e. The summed E-state index contributed by atoms with van der Waals surface area (Å²) in [6, 6.07) is 18.1. The number of nitrogens with zero attached hydrogens (tertiary/aromatic N) is 2. The maximum Gasteiger partial charge on any atom is 0.339 e. The first-order valence-corrected chi connectivity index (χ1v) is 8.91. The summed E-state index contributed by atoms with van der Waals surface area (Å²) in [4.78, 5) is 12.4. The zero-order valence-corrected chi connectivity index (χ0v) is 15.3. The molecule has 0 amide bonds. The standard InChI is InChI=1S/C22H23N3O2/c1-2-27-22(26)21-16-25(14-19-10-6-9-18(11-19)13-24-23)15-20(21)12-17-7-4-3-5-8-17/h3-11,13,15-16H,2,12,14,23H2,1H3/b24-13-. The second-order valence-corrected chi connectivity index (χ2v) is 6.28. The highest BCUT2D eigenvalue weighted by molar-refractivity contribution is 5.91. The first-order chi connectivity index (χ1) is 13.2. The minimum Gasteiger partial charge on any atom is -0.462 e. The molecule has 0 aliphatic rings. The predicted molar refractivity (Wildman–Crippen MR) is 107 cm³/mol. The van der Waals surface area contributed by atoms with E-state index in [1.165, 1.54) is 0 Å². The molecule has 0 atom stereocenters. The van der Waals surface area contributed by atoms with E-state index >= 15 is 0 Å². The summed E-state index contributed by atoms with van der Waals surface area (Å²) in [6.07, 6.45) is 6.18. The summed E-state index contributed by atoms with van der Waals surface area (Å²) >= 11 is 0. The van der Waals surface area contributed by atoms with E-state index in [-0.39, 0.29) is 5.97 Å². The van der Waals surface area contributed by atoms with Gasteiger partial charge in [0, 0.05) is 18.9 Å². The number of hydrogen-bond acceptors (Lipinski definition) is 4. The number of hydrogen-bond donors (Lipinski definition) is 1. The number of aromatic nitrogens is 1. The lowest BCUT2D eigenvalue weighted by Crippen LogP contribution is -2.06. The van der Waals surface area contributed by atoms with Crippen LogP contribution in [-0.4, -0.2) is 23.4 Å². The Kier molecular flexibility index (Phi) is 6.05. The molecule has 3 rings (SSSR count). The molecule has 3 aromatic rings. The normalized spacial score (nSPS) is 11.0. The van der Waals surface area contributed by atoms with Gasteiger partial charge in [0.1, 0.15) is 0 Å². The van der Waals surface area contributed by atoms with Gasteiger partial charge in [-0.3, -0.25) is 0 Å². The zero-order valence-electron chi connectivity index (χ0n) is 15.3. The van der Waals surface area contributed by atoms with E-state index in [0.717, 1.165) is 22.3 Å². The number of benzene rings is 2. The van der Waals surface area contributed by atoms with Crippen LogP contribution >= 0.6 is 0 Å². The summed E-state index contributed by atoms with van der Waals surface area (Å²) < 4.78 is 7.25. The molecule has 2 aromatic carbocycles. The van der Waals surface area contributed by atoms with Crippen molar-refractivity contribution >= 4 is 12.2 Å². The van der Waals surface area contributed by atoms with Crippen molar-refractivity contribution in [1.82, 2.24) is 4.57 Å². The molecular weight excluding hydrogens is 338 g/mol. The fourth-order valence-corrected chi connectivity index (χ4v) is 3.06. The molecule has 0 saturated carbocycles. The molecule has 0 unspecified atom stereocenters. The average molecular weight is 361 g/mol. The molecule has 0 aliphatic heterocycles. The Bertz CT molecular complexity index is 930. The molecule has 138 valence electrons. The second-order valence-electron chi connectivity index (χ2n) is 6.28. The summed E-state index contributed by atoms with van der Waals surface area (Å²) in [5.74, 6) is 4.95. The Morgan fingerprint density at radius 1 is 1.11 bits per heavy atom. The van der Waals surface area contributed by atoms with Crippen LogP contribution in [0.15, 0.2) is 72.1 Å². The summed E-state index contributed by atoms with van der Waals surface area (Å²) in [7, 11) is 0. The lowest BCUT2D eigenvalue weighted by atomic mass is 10.0. The third-order valence-electron chi connectivity index (χ3n) is 4.24. The molecular formula is C22H23N3O2. The molecule has 5 nitrogen and oxygen atoms in total. The van der Waals surface area contributed by atoms with E-state index in [4.69, 9.17) is 10.6 Å². The highest BCUT2D eigenvalue weighted by atomic mass is 16.5. The van der Waals surface area contributed by atoms with Crippen molar-refractivity contribution in [3.63, 3.8) is 0 Å². The molecule has 0 aliphatic carbocycles. The molecule has 1 aromatic heterocycles. The molecule has 0 saturated heterocycles. The van der Waals surface area contributed by atoms with Crippen molar-refractivity contribution in [3.8, 4) is 0 Å². The topological polar surface area (TPSA) is 69.6 Å². The highest BCUT2D eigenvalue weighted by Gasteiger charge is 2.16. The van der Waals surface area contributed by atoms with Gasteiger partial charge in [0.15, 0.2) is 0 Å². The van der Waals surface area contributed by atoms with Gasteiger partial charge in [-0.25, -0.2) is 4.79 Å². The molecule has 0 radical (unpaired) electrons. The molecule has 0 bridgehead atoms. The van der Waals surface area contributed by atoms with E-state index in [2.05, 4.69) is 17.2 Å². The minimum atomic E-state index is -0.286. The lowest BCUT2D eigenvalue weighted by Gasteiger charge is -2.04. The second kappa shape index (κ2) is 8.85. The van der Waals surface area contributed by atoms with Gasteiger partial charge in [0.05, 0.1) is 18.4 Å². The van der Waals surface area contributed by atoms with Crippen LogP contribution in [0.25, 0.3) is 0 Å². The van der Waals surface area contributed by atoms with Crippen molar-refractivity contribution in [1.29, 1.82) is 0 Å². The van der Waals surface area contributed by atoms with Gasteiger partial charge in [-0.15, -0.1) is 0 Å². The number of nitrogens with two attached hydrogens (primary N) is 1.